The lowest BCUT2D eigenvalue weighted by atomic mass is 10.0. The van der Waals surface area contributed by atoms with Gasteiger partial charge in [0.15, 0.2) is 5.78 Å². The fourth-order valence-corrected chi connectivity index (χ4v) is 1.19. The molecule has 1 rings (SSSR count). The van der Waals surface area contributed by atoms with E-state index in [2.05, 4.69) is 0 Å². The zero-order valence-electron chi connectivity index (χ0n) is 9.88. The van der Waals surface area contributed by atoms with Crippen LogP contribution in [0.4, 0.5) is 5.69 Å². The average Bonchev–Trinajstić information content (AvgIpc) is 2.21. The van der Waals surface area contributed by atoms with E-state index < -0.39 is 17.8 Å². The molecule has 0 saturated carbocycles. The molecule has 1 aromatic carbocycles. The van der Waals surface area contributed by atoms with E-state index in [1.807, 2.05) is 0 Å². The van der Waals surface area contributed by atoms with Gasteiger partial charge in [-0.2, -0.15) is 0 Å². The SMILES string of the molecule is Nc1c(O)cccc1C(=O)CC(N)C(=O)O.O.O.O. The quantitative estimate of drug-likeness (QED) is 0.264. The molecule has 0 aliphatic carbocycles. The largest absolute Gasteiger partial charge is 0.506 e. The number of nitrogens with two attached hydrogens (primary N) is 2. The molecule has 0 aliphatic heterocycles. The third-order valence-corrected chi connectivity index (χ3v) is 2.11. The second kappa shape index (κ2) is 8.83. The third kappa shape index (κ3) is 5.31. The minimum absolute atomic E-state index is 0. The summed E-state index contributed by atoms with van der Waals surface area (Å²) in [5.74, 6) is -1.98. The van der Waals surface area contributed by atoms with Gasteiger partial charge >= 0.3 is 5.97 Å². The molecular formula is C10H18N2O7. The molecule has 1 unspecified atom stereocenters. The third-order valence-electron chi connectivity index (χ3n) is 2.11. The Hall–Kier alpha value is -2.20. The van der Waals surface area contributed by atoms with Crippen molar-refractivity contribution in [3.8, 4) is 5.75 Å². The maximum Gasteiger partial charge on any atom is 0.320 e. The second-order valence-corrected chi connectivity index (χ2v) is 3.31. The van der Waals surface area contributed by atoms with E-state index in [1.165, 1.54) is 18.2 Å². The number of carbonyl (C=O) groups is 2. The van der Waals surface area contributed by atoms with E-state index in [4.69, 9.17) is 16.6 Å². The van der Waals surface area contributed by atoms with Gasteiger partial charge in [0.1, 0.15) is 11.8 Å². The summed E-state index contributed by atoms with van der Waals surface area (Å²) in [6.45, 7) is 0. The molecule has 0 fully saturated rings. The zero-order chi connectivity index (χ0) is 12.3. The number of phenols is 1. The van der Waals surface area contributed by atoms with Gasteiger partial charge in [0.2, 0.25) is 0 Å². The van der Waals surface area contributed by atoms with Crippen molar-refractivity contribution in [3.05, 3.63) is 23.8 Å². The maximum absolute atomic E-state index is 11.6. The lowest BCUT2D eigenvalue weighted by Crippen LogP contribution is -2.32. The van der Waals surface area contributed by atoms with Crippen LogP contribution in [-0.2, 0) is 4.79 Å². The molecule has 0 heterocycles. The van der Waals surface area contributed by atoms with E-state index >= 15 is 0 Å². The normalized spacial score (nSPS) is 10.2. The summed E-state index contributed by atoms with van der Waals surface area (Å²) in [6, 6.07) is 2.93. The summed E-state index contributed by atoms with van der Waals surface area (Å²) in [5.41, 5.74) is 10.7. The molecule has 19 heavy (non-hydrogen) atoms. The van der Waals surface area contributed by atoms with Gasteiger partial charge in [0.25, 0.3) is 0 Å². The van der Waals surface area contributed by atoms with Crippen LogP contribution in [0, 0.1) is 0 Å². The first kappa shape index (κ1) is 22.0. The first-order valence-electron chi connectivity index (χ1n) is 4.52. The zero-order valence-corrected chi connectivity index (χ0v) is 9.88. The van der Waals surface area contributed by atoms with Crippen molar-refractivity contribution < 1.29 is 36.2 Å². The van der Waals surface area contributed by atoms with Crippen LogP contribution in [0.2, 0.25) is 0 Å². The Labute approximate surface area is 108 Å². The molecule has 0 spiro atoms. The van der Waals surface area contributed by atoms with Crippen molar-refractivity contribution in [1.29, 1.82) is 0 Å². The van der Waals surface area contributed by atoms with Gasteiger partial charge in [-0.15, -0.1) is 0 Å². The van der Waals surface area contributed by atoms with Crippen LogP contribution >= 0.6 is 0 Å². The fourth-order valence-electron chi connectivity index (χ4n) is 1.19. The number of Topliss-reactive ketones (excluding diaryl/α,β-unsaturated/α-hetero) is 1. The van der Waals surface area contributed by atoms with Crippen LogP contribution in [0.1, 0.15) is 16.8 Å². The molecule has 1 aromatic rings. The molecule has 0 saturated heterocycles. The number of benzene rings is 1. The van der Waals surface area contributed by atoms with Crippen LogP contribution < -0.4 is 11.5 Å². The minimum atomic E-state index is -1.27. The number of aliphatic carboxylic acids is 1. The van der Waals surface area contributed by atoms with Crippen molar-refractivity contribution in [2.75, 3.05) is 5.73 Å². The minimum Gasteiger partial charge on any atom is -0.506 e. The number of carboxylic acid groups (broad SMARTS) is 1. The fraction of sp³-hybridized carbons (Fsp3) is 0.200. The van der Waals surface area contributed by atoms with Crippen LogP contribution in [0.3, 0.4) is 0 Å². The maximum atomic E-state index is 11.6. The molecular weight excluding hydrogens is 260 g/mol. The lowest BCUT2D eigenvalue weighted by molar-refractivity contribution is -0.138. The van der Waals surface area contributed by atoms with Crippen LogP contribution in [0.15, 0.2) is 18.2 Å². The molecule has 110 valence electrons. The van der Waals surface area contributed by atoms with Gasteiger partial charge in [-0.05, 0) is 12.1 Å². The highest BCUT2D eigenvalue weighted by Gasteiger charge is 2.19. The smallest absolute Gasteiger partial charge is 0.320 e. The summed E-state index contributed by atoms with van der Waals surface area (Å²) < 4.78 is 0. The second-order valence-electron chi connectivity index (χ2n) is 3.31. The number of rotatable bonds is 4. The van der Waals surface area contributed by atoms with E-state index in [-0.39, 0.29) is 39.8 Å². The number of carboxylic acids is 1. The predicted octanol–water partition coefficient (Wildman–Crippen LogP) is -2.51. The van der Waals surface area contributed by atoms with Crippen molar-refractivity contribution >= 4 is 17.4 Å². The van der Waals surface area contributed by atoms with Gasteiger partial charge < -0.3 is 38.1 Å². The first-order chi connectivity index (χ1) is 7.43. The number of nitrogen functional groups attached to an aromatic ring is 1. The molecule has 0 aliphatic rings. The number of carbonyl (C=O) groups excluding carboxylic acids is 1. The lowest BCUT2D eigenvalue weighted by Gasteiger charge is -2.08. The number of anilines is 1. The van der Waals surface area contributed by atoms with Gasteiger partial charge in [-0.3, -0.25) is 9.59 Å². The molecule has 9 nitrogen and oxygen atoms in total. The summed E-state index contributed by atoms with van der Waals surface area (Å²) in [6.07, 6.45) is -0.358. The molecule has 0 radical (unpaired) electrons. The molecule has 1 atom stereocenters. The van der Waals surface area contributed by atoms with Crippen molar-refractivity contribution in [1.82, 2.24) is 0 Å². The number of para-hydroxylation sites is 1. The summed E-state index contributed by atoms with van der Waals surface area (Å²) in [4.78, 5) is 22.1. The Kier molecular flexibility index (Phi) is 10.2. The molecule has 9 heteroatoms. The van der Waals surface area contributed by atoms with Crippen LogP contribution in [0.25, 0.3) is 0 Å². The standard InChI is InChI=1S/C10H12N2O4.3H2O/c11-6(10(15)16)4-8(14)5-2-1-3-7(13)9(5)12;;;/h1-3,6,13H,4,11-12H2,(H,15,16);3*1H2. The highest BCUT2D eigenvalue weighted by atomic mass is 16.4. The number of ketones is 1. The van der Waals surface area contributed by atoms with E-state index in [9.17, 15) is 14.7 Å². The van der Waals surface area contributed by atoms with Gasteiger partial charge in [0.05, 0.1) is 5.69 Å². The Balaban J connectivity index is -0.000000853. The van der Waals surface area contributed by atoms with E-state index in [0.29, 0.717) is 0 Å². The van der Waals surface area contributed by atoms with Crippen LogP contribution in [-0.4, -0.2) is 44.4 Å². The predicted molar refractivity (Wildman–Crippen MR) is 67.9 cm³/mol. The van der Waals surface area contributed by atoms with Crippen LogP contribution in [0.5, 0.6) is 5.75 Å². The topological polar surface area (TPSA) is 221 Å². The van der Waals surface area contributed by atoms with Crippen molar-refractivity contribution in [2.45, 2.75) is 12.5 Å². The Morgan fingerprint density at radius 3 is 2.21 bits per heavy atom. The van der Waals surface area contributed by atoms with E-state index in [1.54, 1.807) is 0 Å². The van der Waals surface area contributed by atoms with Gasteiger partial charge in [-0.1, -0.05) is 6.07 Å². The van der Waals surface area contributed by atoms with Crippen molar-refractivity contribution in [2.24, 2.45) is 5.73 Å². The van der Waals surface area contributed by atoms with E-state index in [0.717, 1.165) is 0 Å². The van der Waals surface area contributed by atoms with Gasteiger partial charge in [-0.25, -0.2) is 0 Å². The number of hydrogen-bond acceptors (Lipinski definition) is 5. The summed E-state index contributed by atoms with van der Waals surface area (Å²) in [5, 5.41) is 17.8. The Bertz CT molecular complexity index is 436. The molecule has 0 amide bonds. The van der Waals surface area contributed by atoms with Gasteiger partial charge in [0, 0.05) is 12.0 Å². The Morgan fingerprint density at radius 1 is 1.21 bits per heavy atom. The molecule has 0 bridgehead atoms. The summed E-state index contributed by atoms with van der Waals surface area (Å²) >= 11 is 0. The average molecular weight is 278 g/mol. The molecule has 12 N–H and O–H groups in total. The monoisotopic (exact) mass is 278 g/mol. The number of hydrogen-bond donors (Lipinski definition) is 4. The summed E-state index contributed by atoms with van der Waals surface area (Å²) in [7, 11) is 0. The molecule has 0 aromatic heterocycles. The number of aromatic hydroxyl groups is 1. The van der Waals surface area contributed by atoms with Crippen molar-refractivity contribution in [3.63, 3.8) is 0 Å². The Morgan fingerprint density at radius 2 is 1.74 bits per heavy atom. The first-order valence-corrected chi connectivity index (χ1v) is 4.52. The highest BCUT2D eigenvalue weighted by Crippen LogP contribution is 2.24. The highest BCUT2D eigenvalue weighted by molar-refractivity contribution is 6.03. The number of phenolic OH excluding ortho intramolecular Hbond substituents is 1.